The molecule has 26 heavy (non-hydrogen) atoms. The van der Waals surface area contributed by atoms with E-state index in [2.05, 4.69) is 5.43 Å². The van der Waals surface area contributed by atoms with E-state index in [1.54, 1.807) is 9.91 Å². The number of urea groups is 1. The summed E-state index contributed by atoms with van der Waals surface area (Å²) in [5, 5.41) is 1.80. The number of carbonyl (C=O) groups excluding carboxylic acids is 2. The number of carbonyl (C=O) groups is 2. The van der Waals surface area contributed by atoms with Crippen LogP contribution < -0.4 is 10.3 Å². The van der Waals surface area contributed by atoms with Gasteiger partial charge in [-0.15, -0.1) is 12.4 Å². The van der Waals surface area contributed by atoms with Crippen molar-refractivity contribution in [1.82, 2.24) is 10.4 Å². The van der Waals surface area contributed by atoms with Gasteiger partial charge >= 0.3 is 12.0 Å². The molecule has 3 fully saturated rings. The Morgan fingerprint density at radius 3 is 2.65 bits per heavy atom. The van der Waals surface area contributed by atoms with Gasteiger partial charge in [-0.1, -0.05) is 18.2 Å². The van der Waals surface area contributed by atoms with Crippen molar-refractivity contribution in [3.63, 3.8) is 0 Å². The number of fused-ring (bicyclic) bond motifs is 2. The molecule has 0 aromatic heterocycles. The Labute approximate surface area is 160 Å². The van der Waals surface area contributed by atoms with E-state index in [4.69, 9.17) is 4.74 Å². The van der Waals surface area contributed by atoms with Gasteiger partial charge in [0.1, 0.15) is 12.3 Å². The predicted octanol–water partition coefficient (Wildman–Crippen LogP) is 3.32. The molecule has 1 N–H and O–H groups in total. The van der Waals surface area contributed by atoms with E-state index < -0.39 is 0 Å². The van der Waals surface area contributed by atoms with Crippen LogP contribution in [0.2, 0.25) is 0 Å². The van der Waals surface area contributed by atoms with Gasteiger partial charge in [0.2, 0.25) is 0 Å². The van der Waals surface area contributed by atoms with Gasteiger partial charge in [-0.25, -0.2) is 4.79 Å². The van der Waals surface area contributed by atoms with E-state index in [0.717, 1.165) is 18.0 Å². The number of rotatable bonds is 5. The highest BCUT2D eigenvalue weighted by atomic mass is 35.5. The van der Waals surface area contributed by atoms with Crippen molar-refractivity contribution >= 4 is 30.1 Å². The quantitative estimate of drug-likeness (QED) is 0.797. The number of ether oxygens (including phenoxy) is 1. The molecular weight excluding hydrogens is 354 g/mol. The summed E-state index contributed by atoms with van der Waals surface area (Å²) in [4.78, 5) is 26.2. The zero-order chi connectivity index (χ0) is 17.4. The molecule has 7 heteroatoms. The summed E-state index contributed by atoms with van der Waals surface area (Å²) in [6.45, 7) is 2.40. The highest BCUT2D eigenvalue weighted by Crippen LogP contribution is 2.45. The molecule has 2 aliphatic carbocycles. The topological polar surface area (TPSA) is 61.9 Å². The van der Waals surface area contributed by atoms with Crippen LogP contribution in [-0.2, 0) is 9.53 Å². The Morgan fingerprint density at radius 2 is 2.00 bits per heavy atom. The molecule has 4 unspecified atom stereocenters. The smallest absolute Gasteiger partial charge is 0.337 e. The summed E-state index contributed by atoms with van der Waals surface area (Å²) in [5.74, 6) is 1.19. The summed E-state index contributed by atoms with van der Waals surface area (Å²) in [6.07, 6.45) is 5.03. The average Bonchev–Trinajstić information content (AvgIpc) is 3.29. The lowest BCUT2D eigenvalue weighted by Gasteiger charge is -2.25. The van der Waals surface area contributed by atoms with Gasteiger partial charge in [-0.05, 0) is 56.6 Å². The van der Waals surface area contributed by atoms with Crippen LogP contribution >= 0.6 is 12.4 Å². The molecule has 2 bridgehead atoms. The fraction of sp³-hybridized carbons (Fsp3) is 0.579. The number of nitrogens with one attached hydrogen (secondary N) is 1. The van der Waals surface area contributed by atoms with Gasteiger partial charge in [-0.3, -0.25) is 15.1 Å². The van der Waals surface area contributed by atoms with Crippen molar-refractivity contribution in [2.24, 2.45) is 11.8 Å². The fourth-order valence-corrected chi connectivity index (χ4v) is 4.51. The molecule has 1 aliphatic heterocycles. The van der Waals surface area contributed by atoms with Gasteiger partial charge in [-0.2, -0.15) is 5.01 Å². The highest BCUT2D eigenvalue weighted by Gasteiger charge is 2.42. The third kappa shape index (κ3) is 3.67. The number of halogens is 1. The third-order valence-corrected chi connectivity index (χ3v) is 5.83. The number of hydrazine groups is 1. The molecule has 1 aromatic carbocycles. The van der Waals surface area contributed by atoms with Crippen LogP contribution in [0.15, 0.2) is 30.3 Å². The van der Waals surface area contributed by atoms with Crippen LogP contribution in [0.3, 0.4) is 0 Å². The normalized spacial score (nSPS) is 30.2. The summed E-state index contributed by atoms with van der Waals surface area (Å²) < 4.78 is 5.69. The maximum absolute atomic E-state index is 12.3. The van der Waals surface area contributed by atoms with Crippen LogP contribution in [-0.4, -0.2) is 35.8 Å². The van der Waals surface area contributed by atoms with Crippen molar-refractivity contribution in [1.29, 1.82) is 0 Å². The number of amides is 2. The number of esters is 1. The van der Waals surface area contributed by atoms with Crippen molar-refractivity contribution in [3.05, 3.63) is 30.3 Å². The second-order valence-corrected chi connectivity index (χ2v) is 7.40. The van der Waals surface area contributed by atoms with Crippen LogP contribution in [0.4, 0.5) is 10.5 Å². The van der Waals surface area contributed by atoms with Gasteiger partial charge < -0.3 is 4.74 Å². The molecule has 142 valence electrons. The van der Waals surface area contributed by atoms with Gasteiger partial charge in [0.05, 0.1) is 6.42 Å². The largest absolute Gasteiger partial charge is 0.462 e. The van der Waals surface area contributed by atoms with E-state index >= 15 is 0 Å². The van der Waals surface area contributed by atoms with Crippen LogP contribution in [0.1, 0.15) is 39.0 Å². The first-order chi connectivity index (χ1) is 12.1. The summed E-state index contributed by atoms with van der Waals surface area (Å²) in [6, 6.07) is 9.38. The molecule has 4 atom stereocenters. The average molecular weight is 380 g/mol. The summed E-state index contributed by atoms with van der Waals surface area (Å²) in [7, 11) is 0. The van der Waals surface area contributed by atoms with E-state index in [0.29, 0.717) is 18.9 Å². The molecule has 6 nitrogen and oxygen atoms in total. The highest BCUT2D eigenvalue weighted by molar-refractivity contribution is 5.94. The lowest BCUT2D eigenvalue weighted by atomic mass is 9.98. The van der Waals surface area contributed by atoms with Crippen LogP contribution in [0, 0.1) is 11.8 Å². The first-order valence-corrected chi connectivity index (χ1v) is 9.23. The molecule has 0 spiro atoms. The summed E-state index contributed by atoms with van der Waals surface area (Å²) >= 11 is 0. The molecule has 1 saturated heterocycles. The Bertz CT molecular complexity index is 657. The minimum atomic E-state index is -0.167. The SMILES string of the molecule is CC1N(CCC(=O)OC2CC3CCC2C3)NC(=O)N1c1ccccc1.Cl. The first-order valence-electron chi connectivity index (χ1n) is 9.23. The zero-order valence-corrected chi connectivity index (χ0v) is 15.8. The molecule has 1 heterocycles. The lowest BCUT2D eigenvalue weighted by molar-refractivity contribution is -0.152. The maximum atomic E-state index is 12.3. The molecule has 2 amide bonds. The van der Waals surface area contributed by atoms with E-state index in [1.807, 2.05) is 37.3 Å². The molecular formula is C19H26ClN3O3. The van der Waals surface area contributed by atoms with Crippen molar-refractivity contribution in [2.45, 2.75) is 51.3 Å². The predicted molar refractivity (Wildman–Crippen MR) is 101 cm³/mol. The van der Waals surface area contributed by atoms with Crippen LogP contribution in [0.25, 0.3) is 0 Å². The van der Waals surface area contributed by atoms with Gasteiger partial charge in [0.15, 0.2) is 0 Å². The molecule has 1 aromatic rings. The number of benzene rings is 1. The standard InChI is InChI=1S/C19H25N3O3.ClH/c1-13-21(20-19(24)22(13)16-5-3-2-4-6-16)10-9-18(23)25-17-12-14-7-8-15(17)11-14;/h2-6,13-15,17H,7-12H2,1H3,(H,20,24);1H. The minimum Gasteiger partial charge on any atom is -0.462 e. The first kappa shape index (κ1) is 19.0. The summed E-state index contributed by atoms with van der Waals surface area (Å²) in [5.41, 5.74) is 3.69. The van der Waals surface area contributed by atoms with Gasteiger partial charge in [0.25, 0.3) is 0 Å². The van der Waals surface area contributed by atoms with Crippen molar-refractivity contribution in [3.8, 4) is 0 Å². The Balaban J connectivity index is 0.00000196. The van der Waals surface area contributed by atoms with Crippen molar-refractivity contribution in [2.75, 3.05) is 11.4 Å². The van der Waals surface area contributed by atoms with Crippen molar-refractivity contribution < 1.29 is 14.3 Å². The number of hydrogen-bond donors (Lipinski definition) is 1. The van der Waals surface area contributed by atoms with Gasteiger partial charge in [0, 0.05) is 12.2 Å². The third-order valence-electron chi connectivity index (χ3n) is 5.83. The number of para-hydroxylation sites is 1. The fourth-order valence-electron chi connectivity index (χ4n) is 4.51. The maximum Gasteiger partial charge on any atom is 0.337 e. The Morgan fingerprint density at radius 1 is 1.23 bits per heavy atom. The molecule has 4 rings (SSSR count). The minimum absolute atomic E-state index is 0. The Kier molecular flexibility index (Phi) is 5.73. The zero-order valence-electron chi connectivity index (χ0n) is 15.0. The van der Waals surface area contributed by atoms with E-state index in [-0.39, 0.29) is 36.7 Å². The van der Waals surface area contributed by atoms with E-state index in [1.165, 1.54) is 19.3 Å². The molecule has 3 aliphatic rings. The lowest BCUT2D eigenvalue weighted by Crippen LogP contribution is -2.40. The Hall–Kier alpha value is -1.79. The van der Waals surface area contributed by atoms with E-state index in [9.17, 15) is 9.59 Å². The monoisotopic (exact) mass is 379 g/mol. The number of nitrogens with zero attached hydrogens (tertiary/aromatic N) is 2. The van der Waals surface area contributed by atoms with Crippen LogP contribution in [0.5, 0.6) is 0 Å². The number of anilines is 1. The number of hydrogen-bond acceptors (Lipinski definition) is 4. The second-order valence-electron chi connectivity index (χ2n) is 7.40. The second kappa shape index (κ2) is 7.84. The molecule has 0 radical (unpaired) electrons. The molecule has 2 saturated carbocycles.